The van der Waals surface area contributed by atoms with Crippen molar-refractivity contribution < 1.29 is 4.57 Å². The molecule has 1 nitrogen and oxygen atoms in total. The van der Waals surface area contributed by atoms with E-state index in [0.29, 0.717) is 6.16 Å². The van der Waals surface area contributed by atoms with Crippen LogP contribution in [-0.2, 0) is 4.57 Å². The molecule has 44 valence electrons. The van der Waals surface area contributed by atoms with Crippen LogP contribution in [0, 0.1) is 0 Å². The molecule has 0 saturated heterocycles. The summed E-state index contributed by atoms with van der Waals surface area (Å²) in [6.45, 7) is 3.36. The molecule has 0 aromatic rings. The largest absolute Gasteiger partial charge is 0.328 e. The molecule has 7 heavy (non-hydrogen) atoms. The average molecular weight is 162 g/mol. The number of rotatable bonds is 2. The van der Waals surface area contributed by atoms with Gasteiger partial charge in [0, 0.05) is 0 Å². The first-order chi connectivity index (χ1) is 2.41. The Balaban J connectivity index is -0.0000000800. The lowest BCUT2D eigenvalue weighted by Gasteiger charge is -1.47. The Morgan fingerprint density at radius 2 is 2.00 bits per heavy atom. The summed E-state index contributed by atoms with van der Waals surface area (Å²) in [5, 5.41) is 0. The van der Waals surface area contributed by atoms with Gasteiger partial charge in [-0.15, -0.1) is 24.8 Å². The lowest BCUT2D eigenvalue weighted by Crippen LogP contribution is -1.47. The quantitative estimate of drug-likeness (QED) is 0.448. The van der Waals surface area contributed by atoms with Gasteiger partial charge in [-0.2, -0.15) is 0 Å². The maximum atomic E-state index is 9.49. The van der Waals surface area contributed by atoms with Crippen LogP contribution >= 0.6 is 33.3 Å². The van der Waals surface area contributed by atoms with Crippen LogP contribution < -0.4 is 0 Å². The smallest absolute Gasteiger partial charge is 0.147 e. The van der Waals surface area contributed by atoms with Crippen molar-refractivity contribution in [3.63, 3.8) is 0 Å². The Morgan fingerprint density at radius 1 is 1.57 bits per heavy atom. The summed E-state index contributed by atoms with van der Waals surface area (Å²) in [5.74, 6) is 0. The third-order valence-corrected chi connectivity index (χ3v) is 0.683. The summed E-state index contributed by atoms with van der Waals surface area (Å²) in [7, 11) is -0.210. The van der Waals surface area contributed by atoms with Crippen LogP contribution in [0.4, 0.5) is 0 Å². The van der Waals surface area contributed by atoms with Gasteiger partial charge < -0.3 is 0 Å². The van der Waals surface area contributed by atoms with Gasteiger partial charge >= 0.3 is 8.46 Å². The standard InChI is InChI=1S/C3H5OP.2ClH/c1-2-3-5-4;;/h2H,1,3H2;2*1H/p+1. The molecule has 0 aromatic carbocycles. The zero-order valence-corrected chi connectivity index (χ0v) is 6.35. The fourth-order valence-corrected chi connectivity index (χ4v) is 0.177. The normalized spacial score (nSPS) is 5.71. The second kappa shape index (κ2) is 16.1. The van der Waals surface area contributed by atoms with E-state index in [1.54, 1.807) is 6.08 Å². The molecule has 0 aromatic heterocycles. The summed E-state index contributed by atoms with van der Waals surface area (Å²) in [5.41, 5.74) is 0. The molecule has 0 radical (unpaired) electrons. The molecule has 0 N–H and O–H groups in total. The minimum atomic E-state index is -0.210. The van der Waals surface area contributed by atoms with Crippen LogP contribution in [0.3, 0.4) is 0 Å². The summed E-state index contributed by atoms with van der Waals surface area (Å²) < 4.78 is 9.49. The van der Waals surface area contributed by atoms with Crippen LogP contribution in [0.2, 0.25) is 0 Å². The molecule has 0 bridgehead atoms. The second-order valence-electron chi connectivity index (χ2n) is 0.637. The van der Waals surface area contributed by atoms with Gasteiger partial charge in [0.05, 0.1) is 0 Å². The van der Waals surface area contributed by atoms with Crippen molar-refractivity contribution >= 4 is 33.3 Å². The van der Waals surface area contributed by atoms with E-state index in [0.717, 1.165) is 0 Å². The molecule has 0 spiro atoms. The Morgan fingerprint density at radius 3 is 2.00 bits per heavy atom. The van der Waals surface area contributed by atoms with E-state index in [4.69, 9.17) is 0 Å². The van der Waals surface area contributed by atoms with Crippen LogP contribution in [0.5, 0.6) is 0 Å². The van der Waals surface area contributed by atoms with Crippen LogP contribution in [0.15, 0.2) is 12.7 Å². The summed E-state index contributed by atoms with van der Waals surface area (Å²) >= 11 is 0. The number of hydrogen-bond acceptors (Lipinski definition) is 1. The van der Waals surface area contributed by atoms with E-state index >= 15 is 0 Å². The van der Waals surface area contributed by atoms with E-state index in [1.165, 1.54) is 0 Å². The van der Waals surface area contributed by atoms with Gasteiger partial charge in [0.2, 0.25) is 0 Å². The topological polar surface area (TPSA) is 17.1 Å². The van der Waals surface area contributed by atoms with Crippen molar-refractivity contribution in [3.8, 4) is 0 Å². The van der Waals surface area contributed by atoms with Gasteiger partial charge in [-0.05, 0) is 6.08 Å². The van der Waals surface area contributed by atoms with Crippen molar-refractivity contribution in [1.82, 2.24) is 0 Å². The average Bonchev–Trinajstić information content (AvgIpc) is 1.41. The third-order valence-electron chi connectivity index (χ3n) is 0.228. The Hall–Kier alpha value is 0.420. The van der Waals surface area contributed by atoms with Crippen molar-refractivity contribution in [2.45, 2.75) is 0 Å². The van der Waals surface area contributed by atoms with Crippen molar-refractivity contribution in [2.24, 2.45) is 0 Å². The maximum Gasteiger partial charge on any atom is 0.328 e. The third kappa shape index (κ3) is 21.4. The van der Waals surface area contributed by atoms with Gasteiger partial charge in [-0.1, -0.05) is 11.1 Å². The van der Waals surface area contributed by atoms with Crippen LogP contribution in [-0.4, -0.2) is 6.16 Å². The molecule has 0 saturated carbocycles. The highest BCUT2D eigenvalue weighted by Gasteiger charge is 1.73. The highest BCUT2D eigenvalue weighted by molar-refractivity contribution is 7.23. The first kappa shape index (κ1) is 15.7. The summed E-state index contributed by atoms with van der Waals surface area (Å²) in [6.07, 6.45) is 2.26. The Labute approximate surface area is 57.2 Å². The van der Waals surface area contributed by atoms with Crippen LogP contribution in [0.25, 0.3) is 0 Å². The lowest BCUT2D eigenvalue weighted by molar-refractivity contribution is 0.600. The fraction of sp³-hybridized carbons (Fsp3) is 0.333. The number of allylic oxidation sites excluding steroid dienone is 1. The highest BCUT2D eigenvalue weighted by Crippen LogP contribution is 1.86. The molecule has 0 aliphatic carbocycles. The molecular weight excluding hydrogens is 154 g/mol. The second-order valence-corrected chi connectivity index (χ2v) is 1.33. The van der Waals surface area contributed by atoms with E-state index in [1.807, 2.05) is 0 Å². The minimum Gasteiger partial charge on any atom is -0.147 e. The van der Waals surface area contributed by atoms with Crippen molar-refractivity contribution in [2.75, 3.05) is 6.16 Å². The predicted octanol–water partition coefficient (Wildman–Crippen LogP) is 2.04. The minimum absolute atomic E-state index is 0. The molecule has 0 rings (SSSR count). The summed E-state index contributed by atoms with van der Waals surface area (Å²) in [6, 6.07) is 0. The molecular formula is C3H8Cl2OP+. The van der Waals surface area contributed by atoms with Crippen molar-refractivity contribution in [3.05, 3.63) is 12.7 Å². The lowest BCUT2D eigenvalue weighted by atomic mass is 10.8. The molecule has 1 unspecified atom stereocenters. The zero-order chi connectivity index (χ0) is 4.12. The Bertz CT molecular complexity index is 42.2. The van der Waals surface area contributed by atoms with Gasteiger partial charge in [0.1, 0.15) is 0 Å². The summed E-state index contributed by atoms with van der Waals surface area (Å²) in [4.78, 5) is 0. The first-order valence-electron chi connectivity index (χ1n) is 1.37. The Kier molecular flexibility index (Phi) is 36.1. The number of hydrogen-bond donors (Lipinski definition) is 0. The number of halogens is 2. The van der Waals surface area contributed by atoms with Gasteiger partial charge in [-0.25, -0.2) is 0 Å². The SMILES string of the molecule is C=CC[PH+]=O.Cl.Cl. The van der Waals surface area contributed by atoms with Crippen LogP contribution in [0.1, 0.15) is 0 Å². The van der Waals surface area contributed by atoms with Gasteiger partial charge in [0.25, 0.3) is 0 Å². The van der Waals surface area contributed by atoms with E-state index < -0.39 is 0 Å². The highest BCUT2D eigenvalue weighted by atomic mass is 35.5. The van der Waals surface area contributed by atoms with Gasteiger partial charge in [0.15, 0.2) is 6.16 Å². The molecule has 0 aliphatic heterocycles. The van der Waals surface area contributed by atoms with E-state index in [-0.39, 0.29) is 33.3 Å². The predicted molar refractivity (Wildman–Crippen MR) is 38.6 cm³/mol. The zero-order valence-electron chi connectivity index (χ0n) is 3.72. The van der Waals surface area contributed by atoms with Gasteiger partial charge in [-0.3, -0.25) is 0 Å². The molecule has 4 heteroatoms. The van der Waals surface area contributed by atoms with E-state index in [2.05, 4.69) is 6.58 Å². The molecule has 1 atom stereocenters. The monoisotopic (exact) mass is 161 g/mol. The fourth-order valence-electron chi connectivity index (χ4n) is 0.0589. The van der Waals surface area contributed by atoms with E-state index in [9.17, 15) is 4.57 Å². The molecule has 0 fully saturated rings. The maximum absolute atomic E-state index is 9.49. The van der Waals surface area contributed by atoms with Crippen molar-refractivity contribution in [1.29, 1.82) is 0 Å². The molecule has 0 heterocycles. The first-order valence-corrected chi connectivity index (χ1v) is 2.49. The molecule has 0 aliphatic rings. The molecule has 0 amide bonds.